The Hall–Kier alpha value is -3.83. The Bertz CT molecular complexity index is 1560. The molecule has 5 rings (SSSR count). The zero-order chi connectivity index (χ0) is 27.2. The lowest BCUT2D eigenvalue weighted by Gasteiger charge is -2.37. The minimum absolute atomic E-state index is 0. The molecular formula is C30H31Cl2N5O2. The fourth-order valence-electron chi connectivity index (χ4n) is 4.69. The Balaban J connectivity index is 0.00000137. The number of benzene rings is 3. The number of hydrogen-bond acceptors (Lipinski definition) is 5. The van der Waals surface area contributed by atoms with E-state index in [1.54, 1.807) is 27.7 Å². The van der Waals surface area contributed by atoms with E-state index in [0.717, 1.165) is 16.5 Å². The van der Waals surface area contributed by atoms with E-state index in [1.807, 2.05) is 73.3 Å². The summed E-state index contributed by atoms with van der Waals surface area (Å²) in [5, 5.41) is 11.6. The number of aromatic nitrogens is 1. The first-order valence-corrected chi connectivity index (χ1v) is 13.3. The van der Waals surface area contributed by atoms with Crippen LogP contribution in [0.1, 0.15) is 35.3 Å². The number of halogens is 2. The number of pyridine rings is 1. The Morgan fingerprint density at radius 1 is 0.897 bits per heavy atom. The van der Waals surface area contributed by atoms with Crippen LogP contribution in [0.4, 0.5) is 5.69 Å². The van der Waals surface area contributed by atoms with Gasteiger partial charge in [0.2, 0.25) is 0 Å². The summed E-state index contributed by atoms with van der Waals surface area (Å²) in [7, 11) is 0. The van der Waals surface area contributed by atoms with Crippen LogP contribution in [0, 0.1) is 11.3 Å². The number of amides is 1. The Labute approximate surface area is 238 Å². The van der Waals surface area contributed by atoms with Crippen LogP contribution in [-0.4, -0.2) is 41.6 Å². The molecule has 0 spiro atoms. The lowest BCUT2D eigenvalue weighted by atomic mass is 10.1. The van der Waals surface area contributed by atoms with Gasteiger partial charge in [0.15, 0.2) is 0 Å². The van der Waals surface area contributed by atoms with Crippen molar-refractivity contribution < 1.29 is 4.79 Å². The SMILES string of the molecule is CC.N.N#Cc1c(N2CCN(C(=O)c3ccc(Cl)c(Cl)c3)CC2)c2ccccc2n(Cc2ccccc2)c1=O. The second kappa shape index (κ2) is 13.3. The smallest absolute Gasteiger partial charge is 0.271 e. The van der Waals surface area contributed by atoms with Gasteiger partial charge < -0.3 is 20.5 Å². The zero-order valence-corrected chi connectivity index (χ0v) is 23.5. The van der Waals surface area contributed by atoms with Gasteiger partial charge in [-0.05, 0) is 29.8 Å². The summed E-state index contributed by atoms with van der Waals surface area (Å²) in [5.41, 5.74) is 2.66. The van der Waals surface area contributed by atoms with Crippen molar-refractivity contribution in [2.75, 3.05) is 31.1 Å². The van der Waals surface area contributed by atoms with E-state index in [9.17, 15) is 14.9 Å². The summed E-state index contributed by atoms with van der Waals surface area (Å²) in [6, 6.07) is 24.4. The van der Waals surface area contributed by atoms with Crippen LogP contribution in [0.15, 0.2) is 77.6 Å². The van der Waals surface area contributed by atoms with Crippen LogP contribution in [0.2, 0.25) is 10.0 Å². The maximum Gasteiger partial charge on any atom is 0.271 e. The molecule has 1 aliphatic rings. The van der Waals surface area contributed by atoms with Gasteiger partial charge in [0.05, 0.1) is 27.8 Å². The summed E-state index contributed by atoms with van der Waals surface area (Å²) in [5.74, 6) is -0.128. The number of rotatable bonds is 4. The van der Waals surface area contributed by atoms with Crippen LogP contribution in [0.5, 0.6) is 0 Å². The lowest BCUT2D eigenvalue weighted by Crippen LogP contribution is -2.49. The van der Waals surface area contributed by atoms with Gasteiger partial charge in [-0.15, -0.1) is 0 Å². The fourth-order valence-corrected chi connectivity index (χ4v) is 4.98. The molecule has 0 bridgehead atoms. The number of carbonyl (C=O) groups excluding carboxylic acids is 1. The highest BCUT2D eigenvalue weighted by Gasteiger charge is 2.27. The van der Waals surface area contributed by atoms with E-state index in [4.69, 9.17) is 23.2 Å². The third kappa shape index (κ3) is 6.10. The molecule has 0 aliphatic carbocycles. The van der Waals surface area contributed by atoms with E-state index in [0.29, 0.717) is 54.0 Å². The van der Waals surface area contributed by atoms with Crippen molar-refractivity contribution in [2.24, 2.45) is 0 Å². The number of carbonyl (C=O) groups is 1. The molecule has 1 aromatic heterocycles. The maximum atomic E-state index is 13.5. The molecule has 0 atom stereocenters. The number of piperazine rings is 1. The molecule has 2 heterocycles. The second-order valence-electron chi connectivity index (χ2n) is 8.64. The van der Waals surface area contributed by atoms with Crippen LogP contribution in [0.3, 0.4) is 0 Å². The molecule has 202 valence electrons. The monoisotopic (exact) mass is 563 g/mol. The van der Waals surface area contributed by atoms with Crippen molar-refractivity contribution in [3.63, 3.8) is 0 Å². The van der Waals surface area contributed by atoms with Gasteiger partial charge in [0, 0.05) is 37.1 Å². The molecule has 3 N–H and O–H groups in total. The molecule has 1 amide bonds. The molecule has 0 saturated carbocycles. The molecule has 9 heteroatoms. The molecule has 0 radical (unpaired) electrons. The zero-order valence-electron chi connectivity index (χ0n) is 22.0. The highest BCUT2D eigenvalue weighted by atomic mass is 35.5. The average molecular weight is 565 g/mol. The number of fused-ring (bicyclic) bond motifs is 1. The molecule has 7 nitrogen and oxygen atoms in total. The predicted octanol–water partition coefficient (Wildman–Crippen LogP) is 6.38. The lowest BCUT2D eigenvalue weighted by molar-refractivity contribution is 0.0747. The second-order valence-corrected chi connectivity index (χ2v) is 9.45. The molecule has 39 heavy (non-hydrogen) atoms. The Morgan fingerprint density at radius 3 is 2.18 bits per heavy atom. The molecular weight excluding hydrogens is 533 g/mol. The minimum atomic E-state index is -0.315. The molecule has 1 aliphatic heterocycles. The number of anilines is 1. The van der Waals surface area contributed by atoms with E-state index >= 15 is 0 Å². The minimum Gasteiger partial charge on any atom is -0.366 e. The Kier molecular flexibility index (Phi) is 10.1. The van der Waals surface area contributed by atoms with Crippen molar-refractivity contribution in [2.45, 2.75) is 20.4 Å². The average Bonchev–Trinajstić information content (AvgIpc) is 2.97. The summed E-state index contributed by atoms with van der Waals surface area (Å²) in [6.07, 6.45) is 0. The Morgan fingerprint density at radius 2 is 1.54 bits per heavy atom. The first-order chi connectivity index (χ1) is 18.5. The molecule has 3 aromatic carbocycles. The molecule has 0 unspecified atom stereocenters. The summed E-state index contributed by atoms with van der Waals surface area (Å²) >= 11 is 12.1. The van der Waals surface area contributed by atoms with Crippen LogP contribution >= 0.6 is 23.2 Å². The first kappa shape index (κ1) is 29.7. The van der Waals surface area contributed by atoms with Crippen LogP contribution in [0.25, 0.3) is 10.9 Å². The van der Waals surface area contributed by atoms with Crippen molar-refractivity contribution in [3.05, 3.63) is 110 Å². The third-order valence-electron chi connectivity index (χ3n) is 6.49. The van der Waals surface area contributed by atoms with Gasteiger partial charge in [-0.25, -0.2) is 0 Å². The third-order valence-corrected chi connectivity index (χ3v) is 7.23. The van der Waals surface area contributed by atoms with E-state index in [1.165, 1.54) is 0 Å². The summed E-state index contributed by atoms with van der Waals surface area (Å²) in [6.45, 7) is 6.26. The number of nitrogens with zero attached hydrogens (tertiary/aromatic N) is 4. The number of para-hydroxylation sites is 1. The predicted molar refractivity (Wildman–Crippen MR) is 159 cm³/mol. The normalized spacial score (nSPS) is 12.7. The van der Waals surface area contributed by atoms with E-state index in [-0.39, 0.29) is 23.2 Å². The molecule has 4 aromatic rings. The largest absolute Gasteiger partial charge is 0.366 e. The highest BCUT2D eigenvalue weighted by molar-refractivity contribution is 6.42. The van der Waals surface area contributed by atoms with Gasteiger partial charge in [0.1, 0.15) is 11.6 Å². The van der Waals surface area contributed by atoms with E-state index in [2.05, 4.69) is 6.07 Å². The van der Waals surface area contributed by atoms with E-state index < -0.39 is 0 Å². The van der Waals surface area contributed by atoms with Crippen LogP contribution in [-0.2, 0) is 6.54 Å². The maximum absolute atomic E-state index is 13.5. The topological polar surface area (TPSA) is 104 Å². The standard InChI is InChI=1S/C28H22Cl2N4O2.C2H6.H3N/c29-23-11-10-20(16-24(23)30)27(35)33-14-12-32(13-15-33)26-21-8-4-5-9-25(21)34(28(36)22(26)17-31)18-19-6-2-1-3-7-19;1-2;/h1-11,16H,12-15,18H2;1-2H3;1H3. The van der Waals surface area contributed by atoms with Gasteiger partial charge in [-0.1, -0.05) is 85.6 Å². The van der Waals surface area contributed by atoms with Crippen molar-refractivity contribution in [1.82, 2.24) is 15.6 Å². The van der Waals surface area contributed by atoms with Gasteiger partial charge in [-0.3, -0.25) is 9.59 Å². The van der Waals surface area contributed by atoms with Gasteiger partial charge in [0.25, 0.3) is 11.5 Å². The summed E-state index contributed by atoms with van der Waals surface area (Å²) < 4.78 is 1.66. The number of hydrogen-bond donors (Lipinski definition) is 1. The van der Waals surface area contributed by atoms with Crippen molar-refractivity contribution >= 4 is 45.7 Å². The van der Waals surface area contributed by atoms with Crippen LogP contribution < -0.4 is 16.6 Å². The molecule has 1 fully saturated rings. The van der Waals surface area contributed by atoms with Crippen molar-refractivity contribution in [1.29, 1.82) is 5.26 Å². The fraction of sp³-hybridized carbons (Fsp3) is 0.233. The molecule has 1 saturated heterocycles. The van der Waals surface area contributed by atoms with Gasteiger partial charge >= 0.3 is 0 Å². The number of nitriles is 1. The van der Waals surface area contributed by atoms with Gasteiger partial charge in [-0.2, -0.15) is 5.26 Å². The highest BCUT2D eigenvalue weighted by Crippen LogP contribution is 2.30. The quantitative estimate of drug-likeness (QED) is 0.310. The van der Waals surface area contributed by atoms with Crippen molar-refractivity contribution in [3.8, 4) is 6.07 Å². The first-order valence-electron chi connectivity index (χ1n) is 12.6. The summed E-state index contributed by atoms with van der Waals surface area (Å²) in [4.78, 5) is 30.3.